The summed E-state index contributed by atoms with van der Waals surface area (Å²) in [6.45, 7) is 9.56. The number of aromatic nitrogens is 1. The number of rotatable bonds is 8. The Morgan fingerprint density at radius 1 is 1.41 bits per heavy atom. The lowest BCUT2D eigenvalue weighted by atomic mass is 10.3. The molecule has 0 amide bonds. The number of nitrogens with zero attached hydrogens (tertiary/aromatic N) is 2. The van der Waals surface area contributed by atoms with E-state index in [0.29, 0.717) is 0 Å². The van der Waals surface area contributed by atoms with E-state index in [1.807, 2.05) is 6.08 Å². The van der Waals surface area contributed by atoms with Crippen LogP contribution >= 0.6 is 0 Å². The Morgan fingerprint density at radius 2 is 2.18 bits per heavy atom. The first kappa shape index (κ1) is 13.9. The Bertz CT molecular complexity index is 336. The van der Waals surface area contributed by atoms with Crippen molar-refractivity contribution < 1.29 is 0 Å². The number of hydrogen-bond donors (Lipinski definition) is 1. The zero-order valence-corrected chi connectivity index (χ0v) is 10.9. The molecule has 0 saturated carbocycles. The van der Waals surface area contributed by atoms with E-state index in [4.69, 9.17) is 0 Å². The molecular weight excluding hydrogens is 210 g/mol. The monoisotopic (exact) mass is 233 g/mol. The lowest BCUT2D eigenvalue weighted by Crippen LogP contribution is -2.19. The van der Waals surface area contributed by atoms with Gasteiger partial charge in [0.05, 0.1) is 11.4 Å². The second-order valence-electron chi connectivity index (χ2n) is 4.28. The molecule has 0 atom stereocenters. The normalized spacial score (nSPS) is 10.8. The summed E-state index contributed by atoms with van der Waals surface area (Å²) in [5.74, 6) is 0. The Balaban J connectivity index is 2.50. The first-order valence-electron chi connectivity index (χ1n) is 6.21. The Hall–Kier alpha value is -1.19. The van der Waals surface area contributed by atoms with E-state index in [1.54, 1.807) is 0 Å². The molecule has 17 heavy (non-hydrogen) atoms. The van der Waals surface area contributed by atoms with Gasteiger partial charge in [0.1, 0.15) is 0 Å². The van der Waals surface area contributed by atoms with Crippen molar-refractivity contribution in [2.24, 2.45) is 0 Å². The maximum atomic E-state index is 4.63. The number of nitrogens with one attached hydrogen (secondary N) is 1. The number of pyridine rings is 1. The molecule has 1 aromatic heterocycles. The third-order valence-electron chi connectivity index (χ3n) is 2.47. The van der Waals surface area contributed by atoms with Crippen LogP contribution in [-0.4, -0.2) is 30.0 Å². The third-order valence-corrected chi connectivity index (χ3v) is 2.47. The molecule has 3 heteroatoms. The fourth-order valence-corrected chi connectivity index (χ4v) is 1.67. The first-order chi connectivity index (χ1) is 8.26. The summed E-state index contributed by atoms with van der Waals surface area (Å²) in [7, 11) is 2.07. The van der Waals surface area contributed by atoms with Crippen molar-refractivity contribution >= 4 is 0 Å². The van der Waals surface area contributed by atoms with Crippen LogP contribution in [0.3, 0.4) is 0 Å². The Kier molecular flexibility index (Phi) is 6.51. The lowest BCUT2D eigenvalue weighted by molar-refractivity contribution is 0.358. The quantitative estimate of drug-likeness (QED) is 0.551. The van der Waals surface area contributed by atoms with E-state index in [2.05, 4.69) is 54.0 Å². The molecule has 3 nitrogen and oxygen atoms in total. The van der Waals surface area contributed by atoms with Crippen LogP contribution in [0.25, 0.3) is 0 Å². The van der Waals surface area contributed by atoms with Crippen molar-refractivity contribution in [2.45, 2.75) is 26.4 Å². The van der Waals surface area contributed by atoms with Gasteiger partial charge in [0.25, 0.3) is 0 Å². The zero-order valence-electron chi connectivity index (χ0n) is 10.9. The summed E-state index contributed by atoms with van der Waals surface area (Å²) >= 11 is 0. The van der Waals surface area contributed by atoms with Gasteiger partial charge in [0.15, 0.2) is 0 Å². The smallest absolute Gasteiger partial charge is 0.0547 e. The van der Waals surface area contributed by atoms with Crippen molar-refractivity contribution in [1.82, 2.24) is 15.2 Å². The summed E-state index contributed by atoms with van der Waals surface area (Å²) in [5, 5.41) is 3.36. The van der Waals surface area contributed by atoms with Gasteiger partial charge in [0, 0.05) is 19.6 Å². The molecule has 0 unspecified atom stereocenters. The highest BCUT2D eigenvalue weighted by molar-refractivity contribution is 5.11. The van der Waals surface area contributed by atoms with Crippen LogP contribution in [-0.2, 0) is 13.1 Å². The minimum Gasteiger partial charge on any atom is -0.311 e. The summed E-state index contributed by atoms with van der Waals surface area (Å²) in [6, 6.07) is 6.22. The van der Waals surface area contributed by atoms with Gasteiger partial charge in [-0.25, -0.2) is 0 Å². The lowest BCUT2D eigenvalue weighted by Gasteiger charge is -2.14. The van der Waals surface area contributed by atoms with Gasteiger partial charge in [-0.3, -0.25) is 9.88 Å². The van der Waals surface area contributed by atoms with Crippen LogP contribution in [0.15, 0.2) is 30.9 Å². The van der Waals surface area contributed by atoms with Gasteiger partial charge in [-0.15, -0.1) is 6.58 Å². The zero-order chi connectivity index (χ0) is 12.5. The van der Waals surface area contributed by atoms with Crippen molar-refractivity contribution in [3.63, 3.8) is 0 Å². The van der Waals surface area contributed by atoms with E-state index in [0.717, 1.165) is 44.0 Å². The van der Waals surface area contributed by atoms with Gasteiger partial charge in [0.2, 0.25) is 0 Å². The SMILES string of the molecule is C=CCN(C)Cc1cccc(CNCCC)n1. The second kappa shape index (κ2) is 7.98. The first-order valence-corrected chi connectivity index (χ1v) is 6.21. The minimum absolute atomic E-state index is 0.854. The minimum atomic E-state index is 0.854. The van der Waals surface area contributed by atoms with Gasteiger partial charge in [-0.2, -0.15) is 0 Å². The predicted molar refractivity (Wildman–Crippen MR) is 72.8 cm³/mol. The third kappa shape index (κ3) is 5.61. The van der Waals surface area contributed by atoms with Crippen LogP contribution in [0.5, 0.6) is 0 Å². The van der Waals surface area contributed by atoms with E-state index < -0.39 is 0 Å². The van der Waals surface area contributed by atoms with E-state index >= 15 is 0 Å². The van der Waals surface area contributed by atoms with Crippen LogP contribution in [0.1, 0.15) is 24.7 Å². The molecule has 1 N–H and O–H groups in total. The molecule has 1 aromatic rings. The topological polar surface area (TPSA) is 28.2 Å². The Labute approximate surface area is 105 Å². The fraction of sp³-hybridized carbons (Fsp3) is 0.500. The molecule has 0 aliphatic rings. The number of likely N-dealkylation sites (N-methyl/N-ethyl adjacent to an activating group) is 1. The molecule has 0 aromatic carbocycles. The second-order valence-corrected chi connectivity index (χ2v) is 4.28. The molecule has 0 aliphatic heterocycles. The van der Waals surface area contributed by atoms with Crippen LogP contribution in [0.2, 0.25) is 0 Å². The van der Waals surface area contributed by atoms with E-state index in [-0.39, 0.29) is 0 Å². The molecule has 0 saturated heterocycles. The van der Waals surface area contributed by atoms with Crippen molar-refractivity contribution in [3.05, 3.63) is 42.2 Å². The summed E-state index contributed by atoms with van der Waals surface area (Å²) in [6.07, 6.45) is 3.06. The average molecular weight is 233 g/mol. The van der Waals surface area contributed by atoms with Gasteiger partial charge < -0.3 is 5.32 Å². The summed E-state index contributed by atoms with van der Waals surface area (Å²) in [5.41, 5.74) is 2.23. The van der Waals surface area contributed by atoms with Gasteiger partial charge in [-0.05, 0) is 32.1 Å². The van der Waals surface area contributed by atoms with Crippen LogP contribution in [0.4, 0.5) is 0 Å². The van der Waals surface area contributed by atoms with E-state index in [1.165, 1.54) is 0 Å². The largest absolute Gasteiger partial charge is 0.311 e. The van der Waals surface area contributed by atoms with Crippen molar-refractivity contribution in [3.8, 4) is 0 Å². The van der Waals surface area contributed by atoms with Gasteiger partial charge in [-0.1, -0.05) is 19.1 Å². The maximum Gasteiger partial charge on any atom is 0.0547 e. The maximum absolute atomic E-state index is 4.63. The molecule has 0 radical (unpaired) electrons. The van der Waals surface area contributed by atoms with Crippen LogP contribution < -0.4 is 5.32 Å². The predicted octanol–water partition coefficient (Wildman–Crippen LogP) is 2.20. The Morgan fingerprint density at radius 3 is 2.88 bits per heavy atom. The highest BCUT2D eigenvalue weighted by Crippen LogP contribution is 2.02. The number of hydrogen-bond acceptors (Lipinski definition) is 3. The molecule has 94 valence electrons. The summed E-state index contributed by atoms with van der Waals surface area (Å²) < 4.78 is 0. The highest BCUT2D eigenvalue weighted by atomic mass is 15.1. The van der Waals surface area contributed by atoms with Gasteiger partial charge >= 0.3 is 0 Å². The molecule has 1 heterocycles. The standard InChI is InChI=1S/C14H23N3/c1-4-9-15-11-13-7-6-8-14(16-13)12-17(3)10-5-2/h5-8,15H,2,4,9-12H2,1,3H3. The summed E-state index contributed by atoms with van der Waals surface area (Å²) in [4.78, 5) is 6.82. The van der Waals surface area contributed by atoms with E-state index in [9.17, 15) is 0 Å². The molecule has 0 spiro atoms. The van der Waals surface area contributed by atoms with Crippen molar-refractivity contribution in [2.75, 3.05) is 20.1 Å². The molecule has 0 fully saturated rings. The van der Waals surface area contributed by atoms with Crippen molar-refractivity contribution in [1.29, 1.82) is 0 Å². The molecule has 0 bridgehead atoms. The average Bonchev–Trinajstić information content (AvgIpc) is 2.30. The fourth-order valence-electron chi connectivity index (χ4n) is 1.67. The molecule has 1 rings (SSSR count). The van der Waals surface area contributed by atoms with Crippen LogP contribution in [0, 0.1) is 0 Å². The highest BCUT2D eigenvalue weighted by Gasteiger charge is 2.01. The molecular formula is C14H23N3. The molecule has 0 aliphatic carbocycles.